The van der Waals surface area contributed by atoms with Gasteiger partial charge in [-0.05, 0) is 25.1 Å². The lowest BCUT2D eigenvalue weighted by Crippen LogP contribution is -2.48. The van der Waals surface area contributed by atoms with Crippen LogP contribution in [-0.4, -0.2) is 45.3 Å². The van der Waals surface area contributed by atoms with E-state index in [4.69, 9.17) is 24.7 Å². The number of rotatable bonds is 5. The van der Waals surface area contributed by atoms with E-state index in [0.717, 1.165) is 7.11 Å². The fourth-order valence-corrected chi connectivity index (χ4v) is 3.91. The molecule has 0 fully saturated rings. The molecular weight excluding hydrogens is 448 g/mol. The summed E-state index contributed by atoms with van der Waals surface area (Å²) in [7, 11) is 2.60. The Hall–Kier alpha value is -2.85. The highest BCUT2D eigenvalue weighted by atomic mass is 79.9. The number of methoxy groups -OCH3 is 2. The average molecular weight is 467 g/mol. The summed E-state index contributed by atoms with van der Waals surface area (Å²) in [5.41, 5.74) is 4.44. The Balaban J connectivity index is 2.30. The molecule has 0 aliphatic carbocycles. The molecule has 0 unspecified atom stereocenters. The van der Waals surface area contributed by atoms with Gasteiger partial charge in [-0.3, -0.25) is 4.79 Å². The summed E-state index contributed by atoms with van der Waals surface area (Å²) in [6.07, 6.45) is 0. The zero-order chi connectivity index (χ0) is 21.3. The zero-order valence-corrected chi connectivity index (χ0v) is 17.5. The number of nitrogens with two attached hydrogens (primary N) is 1. The third kappa shape index (κ3) is 3.18. The van der Waals surface area contributed by atoms with Gasteiger partial charge >= 0.3 is 11.9 Å². The van der Waals surface area contributed by atoms with Crippen LogP contribution in [0, 0.1) is 0 Å². The molecule has 0 saturated heterocycles. The first kappa shape index (κ1) is 20.9. The van der Waals surface area contributed by atoms with E-state index in [-0.39, 0.29) is 36.0 Å². The number of anilines is 1. The maximum absolute atomic E-state index is 13.3. The molecule has 0 bridgehead atoms. The predicted octanol–water partition coefficient (Wildman–Crippen LogP) is 1.48. The largest absolute Gasteiger partial charge is 0.465 e. The van der Waals surface area contributed by atoms with Gasteiger partial charge in [-0.25, -0.2) is 9.59 Å². The van der Waals surface area contributed by atoms with Gasteiger partial charge in [0.25, 0.3) is 0 Å². The number of ether oxygens (including phenoxy) is 4. The monoisotopic (exact) mass is 466 g/mol. The van der Waals surface area contributed by atoms with Crippen LogP contribution < -0.4 is 11.1 Å². The Labute approximate surface area is 174 Å². The molecule has 154 valence electrons. The van der Waals surface area contributed by atoms with Gasteiger partial charge in [-0.1, -0.05) is 15.9 Å². The quantitative estimate of drug-likeness (QED) is 0.493. The summed E-state index contributed by atoms with van der Waals surface area (Å²) >= 11 is 3.36. The van der Waals surface area contributed by atoms with Crippen molar-refractivity contribution >= 4 is 39.5 Å². The highest BCUT2D eigenvalue weighted by molar-refractivity contribution is 9.10. The number of hydrogen-bond acceptors (Lipinski definition) is 8. The van der Waals surface area contributed by atoms with E-state index in [0.29, 0.717) is 15.7 Å². The molecule has 0 radical (unpaired) electrons. The van der Waals surface area contributed by atoms with E-state index < -0.39 is 23.3 Å². The Morgan fingerprint density at radius 1 is 1.21 bits per heavy atom. The van der Waals surface area contributed by atoms with Crippen molar-refractivity contribution in [2.24, 2.45) is 5.73 Å². The van der Waals surface area contributed by atoms with Crippen LogP contribution in [0.1, 0.15) is 12.5 Å². The fraction of sp³-hybridized carbons (Fsp3) is 0.316. The first-order valence-electron chi connectivity index (χ1n) is 8.54. The first-order valence-corrected chi connectivity index (χ1v) is 9.33. The van der Waals surface area contributed by atoms with Crippen molar-refractivity contribution in [2.75, 3.05) is 32.8 Å². The molecule has 9 nitrogen and oxygen atoms in total. The van der Waals surface area contributed by atoms with Gasteiger partial charge in [0.15, 0.2) is 0 Å². The van der Waals surface area contributed by atoms with Crippen LogP contribution in [0.25, 0.3) is 0 Å². The molecule has 10 heteroatoms. The lowest BCUT2D eigenvalue weighted by Gasteiger charge is -2.35. The molecule has 3 N–H and O–H groups in total. The van der Waals surface area contributed by atoms with E-state index in [1.54, 1.807) is 18.2 Å². The number of esters is 2. The number of fused-ring (bicyclic) bond motifs is 2. The van der Waals surface area contributed by atoms with Crippen molar-refractivity contribution in [1.82, 2.24) is 0 Å². The Morgan fingerprint density at radius 3 is 2.59 bits per heavy atom. The summed E-state index contributed by atoms with van der Waals surface area (Å²) < 4.78 is 21.1. The molecule has 0 saturated carbocycles. The second-order valence-electron chi connectivity index (χ2n) is 6.29. The molecule has 2 heterocycles. The first-order chi connectivity index (χ1) is 13.8. The van der Waals surface area contributed by atoms with E-state index in [9.17, 15) is 14.4 Å². The standard InChI is InChI=1S/C19H19BrN2O7/c1-9-13(17(24)28-7-6-26-2)19(14(15(21)29-9)16(23)27-3)11-8-10(20)4-5-12(11)22-18(19)25/h4-5,8H,6-7,21H2,1-3H3,(H,22,25)/t19-/m0/s1. The van der Waals surface area contributed by atoms with Crippen molar-refractivity contribution in [3.63, 3.8) is 0 Å². The van der Waals surface area contributed by atoms with Crippen LogP contribution >= 0.6 is 15.9 Å². The summed E-state index contributed by atoms with van der Waals surface area (Å²) in [5.74, 6) is -2.67. The molecule has 3 rings (SSSR count). The number of allylic oxidation sites excluding steroid dienone is 1. The number of halogens is 1. The summed E-state index contributed by atoms with van der Waals surface area (Å²) in [4.78, 5) is 39.1. The molecule has 1 amide bonds. The van der Waals surface area contributed by atoms with Crippen LogP contribution in [0.3, 0.4) is 0 Å². The number of carbonyl (C=O) groups is 3. The molecular formula is C19H19BrN2O7. The van der Waals surface area contributed by atoms with Crippen LogP contribution in [0.15, 0.2) is 45.5 Å². The molecule has 1 spiro atoms. The van der Waals surface area contributed by atoms with Gasteiger partial charge < -0.3 is 30.0 Å². The van der Waals surface area contributed by atoms with E-state index in [1.807, 2.05) is 0 Å². The second kappa shape index (κ2) is 7.88. The highest BCUT2D eigenvalue weighted by Crippen LogP contribution is 2.52. The van der Waals surface area contributed by atoms with Gasteiger partial charge in [0.05, 0.1) is 13.7 Å². The van der Waals surface area contributed by atoms with Crippen LogP contribution in [-0.2, 0) is 38.7 Å². The van der Waals surface area contributed by atoms with Gasteiger partial charge in [-0.15, -0.1) is 0 Å². The lowest BCUT2D eigenvalue weighted by molar-refractivity contribution is -0.143. The van der Waals surface area contributed by atoms with Crippen molar-refractivity contribution < 1.29 is 33.3 Å². The van der Waals surface area contributed by atoms with Crippen LogP contribution in [0.5, 0.6) is 0 Å². The van der Waals surface area contributed by atoms with Crippen LogP contribution in [0.4, 0.5) is 5.69 Å². The van der Waals surface area contributed by atoms with Gasteiger partial charge in [-0.2, -0.15) is 0 Å². The average Bonchev–Trinajstić information content (AvgIpc) is 2.93. The van der Waals surface area contributed by atoms with Crippen molar-refractivity contribution in [3.05, 3.63) is 51.0 Å². The smallest absolute Gasteiger partial charge is 0.340 e. The number of carbonyl (C=O) groups excluding carboxylic acids is 3. The molecule has 1 aromatic rings. The minimum atomic E-state index is -1.89. The SMILES string of the molecule is COCCOC(=O)C1=C(C)OC(N)=C(C(=O)OC)[C@@]12C(=O)Nc1ccc(Br)cc12. The van der Waals surface area contributed by atoms with Gasteiger partial charge in [0.2, 0.25) is 11.8 Å². The normalized spacial score (nSPS) is 20.3. The second-order valence-corrected chi connectivity index (χ2v) is 7.20. The van der Waals surface area contributed by atoms with E-state index in [2.05, 4.69) is 21.2 Å². The predicted molar refractivity (Wildman–Crippen MR) is 104 cm³/mol. The maximum Gasteiger partial charge on any atom is 0.340 e. The molecule has 2 aliphatic heterocycles. The molecule has 29 heavy (non-hydrogen) atoms. The van der Waals surface area contributed by atoms with Crippen molar-refractivity contribution in [3.8, 4) is 0 Å². The summed E-state index contributed by atoms with van der Waals surface area (Å²) in [5, 5.41) is 2.71. The highest BCUT2D eigenvalue weighted by Gasteiger charge is 2.61. The topological polar surface area (TPSA) is 126 Å². The van der Waals surface area contributed by atoms with Crippen LogP contribution in [0.2, 0.25) is 0 Å². The lowest BCUT2D eigenvalue weighted by atomic mass is 9.67. The number of benzene rings is 1. The molecule has 0 aromatic heterocycles. The molecule has 1 atom stereocenters. The molecule has 2 aliphatic rings. The maximum atomic E-state index is 13.3. The number of hydrogen-bond donors (Lipinski definition) is 2. The van der Waals surface area contributed by atoms with E-state index >= 15 is 0 Å². The Bertz CT molecular complexity index is 969. The van der Waals surface area contributed by atoms with Crippen molar-refractivity contribution in [1.29, 1.82) is 0 Å². The van der Waals surface area contributed by atoms with E-state index in [1.165, 1.54) is 14.0 Å². The Morgan fingerprint density at radius 2 is 1.93 bits per heavy atom. The third-order valence-corrected chi connectivity index (χ3v) is 5.19. The summed E-state index contributed by atoms with van der Waals surface area (Å²) in [6.45, 7) is 1.57. The number of nitrogens with one attached hydrogen (secondary N) is 1. The minimum absolute atomic E-state index is 0.0422. The summed E-state index contributed by atoms with van der Waals surface area (Å²) in [6, 6.07) is 5.00. The van der Waals surface area contributed by atoms with Gasteiger partial charge in [0, 0.05) is 22.8 Å². The fourth-order valence-electron chi connectivity index (χ4n) is 3.55. The molecule has 1 aromatic carbocycles. The van der Waals surface area contributed by atoms with Gasteiger partial charge in [0.1, 0.15) is 28.9 Å². The Kier molecular flexibility index (Phi) is 5.67. The third-order valence-electron chi connectivity index (χ3n) is 4.70. The zero-order valence-electron chi connectivity index (χ0n) is 16.0. The minimum Gasteiger partial charge on any atom is -0.465 e. The number of amides is 1. The van der Waals surface area contributed by atoms with Crippen molar-refractivity contribution in [2.45, 2.75) is 12.3 Å².